The largest absolute Gasteiger partial charge is 0 e. The first-order valence-electron chi connectivity index (χ1n) is 16.2. The number of benzene rings is 5. The molecule has 3 nitrogen and oxygen atoms in total. The number of rotatable bonds is 5. The molecule has 0 atom stereocenters. The van der Waals surface area contributed by atoms with E-state index in [-0.39, 0.29) is 20.1 Å². The van der Waals surface area contributed by atoms with Crippen molar-refractivity contribution >= 4 is 39.6 Å². The van der Waals surface area contributed by atoms with Crippen LogP contribution in [-0.2, 0) is 20.1 Å². The van der Waals surface area contributed by atoms with Gasteiger partial charge >= 0.3 is 99.8 Å². The Kier molecular flexibility index (Phi) is 10.4. The average Bonchev–Trinajstić information content (AvgIpc) is 3.50. The first kappa shape index (κ1) is 34.3. The third kappa shape index (κ3) is 7.68. The van der Waals surface area contributed by atoms with Gasteiger partial charge in [0.1, 0.15) is 5.58 Å². The number of hydrogen-bond acceptors (Lipinski definition) is 3. The zero-order valence-electron chi connectivity index (χ0n) is 28.0. The summed E-state index contributed by atoms with van der Waals surface area (Å²) in [6.07, 6.45) is 3.98. The minimum atomic E-state index is -1.72. The Bertz CT molecular complexity index is 2310. The van der Waals surface area contributed by atoms with Crippen LogP contribution >= 0.6 is 0 Å². The third-order valence-corrected chi connectivity index (χ3v) is 12.8. The van der Waals surface area contributed by atoms with E-state index in [9.17, 15) is 0 Å². The van der Waals surface area contributed by atoms with Gasteiger partial charge in [-0.05, 0) is 52.6 Å². The van der Waals surface area contributed by atoms with E-state index in [1.807, 2.05) is 54.9 Å². The van der Waals surface area contributed by atoms with Crippen LogP contribution in [0.3, 0.4) is 0 Å². The quantitative estimate of drug-likeness (QED) is 0.128. The molecule has 0 unspecified atom stereocenters. The van der Waals surface area contributed by atoms with Crippen molar-refractivity contribution in [3.05, 3.63) is 164 Å². The van der Waals surface area contributed by atoms with Crippen molar-refractivity contribution in [3.63, 3.8) is 0 Å². The fourth-order valence-corrected chi connectivity index (χ4v) is 8.00. The smallest absolute Gasteiger partial charge is 0 e. The molecule has 0 amide bonds. The van der Waals surface area contributed by atoms with Crippen molar-refractivity contribution in [2.75, 3.05) is 0 Å². The summed E-state index contributed by atoms with van der Waals surface area (Å²) in [5.74, 6) is 7.14. The van der Waals surface area contributed by atoms with Gasteiger partial charge in [-0.2, -0.15) is 0 Å². The standard InChI is InChI=1S/C30H20NO.C14H16GeN.Ir/c1-20-19-31-28(18-25(20)22-10-6-3-7-11-22)24-13-15-30-27(17-24)26-16-23(12-14-29(26)32-30)21-8-4-2-5-9-21;1-15(2,3)13-9-10-14(16-11-13)12-7-5-4-6-8-12;/h2-12,14-19H,1H3;4-7,9-11H,1-3H3;/q2*-1;. The summed E-state index contributed by atoms with van der Waals surface area (Å²) < 4.78 is 7.54. The molecule has 5 heteroatoms. The van der Waals surface area contributed by atoms with E-state index in [2.05, 4.69) is 132 Å². The molecule has 1 radical (unpaired) electrons. The molecule has 0 bridgehead atoms. The Hall–Kier alpha value is -4.61. The van der Waals surface area contributed by atoms with Gasteiger partial charge in [0.25, 0.3) is 0 Å². The summed E-state index contributed by atoms with van der Waals surface area (Å²) in [6.45, 7) is 2.10. The van der Waals surface area contributed by atoms with Crippen LogP contribution in [0.25, 0.3) is 66.7 Å². The molecule has 0 fully saturated rings. The van der Waals surface area contributed by atoms with E-state index < -0.39 is 13.3 Å². The number of fused-ring (bicyclic) bond motifs is 3. The van der Waals surface area contributed by atoms with Gasteiger partial charge < -0.3 is 9.40 Å². The molecule has 0 aliphatic carbocycles. The molecule has 3 aromatic heterocycles. The Morgan fingerprint density at radius 3 is 1.94 bits per heavy atom. The zero-order valence-corrected chi connectivity index (χ0v) is 32.5. The normalized spacial score (nSPS) is 11.1. The number of nitrogens with zero attached hydrogens (tertiary/aromatic N) is 2. The van der Waals surface area contributed by atoms with E-state index in [1.54, 1.807) is 0 Å². The number of hydrogen-bond donors (Lipinski definition) is 0. The summed E-state index contributed by atoms with van der Waals surface area (Å²) in [7, 11) is 0. The summed E-state index contributed by atoms with van der Waals surface area (Å²) in [5, 5.41) is 2.18. The van der Waals surface area contributed by atoms with Crippen LogP contribution < -0.4 is 4.40 Å². The van der Waals surface area contributed by atoms with Crippen molar-refractivity contribution in [2.24, 2.45) is 0 Å². The first-order valence-corrected chi connectivity index (χ1v) is 23.6. The predicted octanol–water partition coefficient (Wildman–Crippen LogP) is 11.2. The van der Waals surface area contributed by atoms with Gasteiger partial charge in [0.05, 0.1) is 5.58 Å². The van der Waals surface area contributed by atoms with Gasteiger partial charge in [0.2, 0.25) is 0 Å². The Balaban J connectivity index is 0.000000208. The van der Waals surface area contributed by atoms with Gasteiger partial charge in [-0.3, -0.25) is 0 Å². The second-order valence-corrected chi connectivity index (χ2v) is 23.7. The zero-order chi connectivity index (χ0) is 33.1. The molecular weight excluding hydrogens is 837 g/mol. The molecule has 0 aliphatic heterocycles. The van der Waals surface area contributed by atoms with E-state index >= 15 is 0 Å². The maximum Gasteiger partial charge on any atom is 0 e. The molecule has 49 heavy (non-hydrogen) atoms. The summed E-state index contributed by atoms with van der Waals surface area (Å²) in [5.41, 5.74) is 11.6. The molecule has 5 aromatic carbocycles. The second kappa shape index (κ2) is 14.9. The Morgan fingerprint density at radius 2 is 1.27 bits per heavy atom. The maximum absolute atomic E-state index is 6.09. The van der Waals surface area contributed by atoms with Crippen LogP contribution in [0.15, 0.2) is 150 Å². The van der Waals surface area contributed by atoms with Crippen molar-refractivity contribution in [1.82, 2.24) is 9.97 Å². The minimum absolute atomic E-state index is 0. The van der Waals surface area contributed by atoms with Crippen molar-refractivity contribution < 1.29 is 24.5 Å². The predicted molar refractivity (Wildman–Crippen MR) is 203 cm³/mol. The molecule has 0 aliphatic rings. The first-order chi connectivity index (χ1) is 23.3. The topological polar surface area (TPSA) is 38.9 Å². The van der Waals surface area contributed by atoms with E-state index in [0.29, 0.717) is 0 Å². The number of aryl methyl sites for hydroxylation is 1. The molecule has 8 rings (SSSR count). The second-order valence-electron chi connectivity index (χ2n) is 13.0. The van der Waals surface area contributed by atoms with Crippen LogP contribution in [0.4, 0.5) is 0 Å². The summed E-state index contributed by atoms with van der Waals surface area (Å²) >= 11 is -1.72. The fraction of sp³-hybridized carbons (Fsp3) is 0.0909. The van der Waals surface area contributed by atoms with E-state index in [1.165, 1.54) is 26.6 Å². The molecule has 0 saturated carbocycles. The minimum Gasteiger partial charge on any atom is 0 e. The average molecular weight is 874 g/mol. The van der Waals surface area contributed by atoms with Crippen molar-refractivity contribution in [2.45, 2.75) is 24.2 Å². The number of aromatic nitrogens is 2. The van der Waals surface area contributed by atoms with Crippen molar-refractivity contribution in [1.29, 1.82) is 0 Å². The van der Waals surface area contributed by atoms with Crippen molar-refractivity contribution in [3.8, 4) is 44.8 Å². The van der Waals surface area contributed by atoms with Gasteiger partial charge in [0, 0.05) is 31.7 Å². The molecule has 0 spiro atoms. The van der Waals surface area contributed by atoms with Crippen LogP contribution in [0, 0.1) is 19.1 Å². The third-order valence-electron chi connectivity index (χ3n) is 8.59. The molecule has 8 aromatic rings. The molecule has 0 saturated heterocycles. The Labute approximate surface area is 304 Å². The number of pyridine rings is 2. The molecule has 3 heterocycles. The SMILES string of the molecule is Cc1cnc(-c2[c-]cc3oc4ccc(-c5ccccc5)cc4c3c2)cc1-c1ccccc1.[CH3][Ge]([CH3])([CH3])[c]1ccc(-c2[c-]cccc2)nc1.[Ir]. The fourth-order valence-electron chi connectivity index (χ4n) is 5.83. The van der Waals surface area contributed by atoms with Gasteiger partial charge in [-0.1, -0.05) is 78.2 Å². The van der Waals surface area contributed by atoms with Gasteiger partial charge in [0.15, 0.2) is 0 Å². The van der Waals surface area contributed by atoms with Crippen LogP contribution in [-0.4, -0.2) is 23.2 Å². The van der Waals surface area contributed by atoms with Gasteiger partial charge in [-0.25, -0.2) is 0 Å². The Morgan fingerprint density at radius 1 is 0.571 bits per heavy atom. The van der Waals surface area contributed by atoms with Crippen LogP contribution in [0.5, 0.6) is 0 Å². The molecule has 0 N–H and O–H groups in total. The monoisotopic (exact) mass is 875 g/mol. The molecular formula is C44H36GeIrN2O-2. The number of furan rings is 1. The van der Waals surface area contributed by atoms with E-state index in [4.69, 9.17) is 9.40 Å². The summed E-state index contributed by atoms with van der Waals surface area (Å²) in [4.78, 5) is 9.24. The van der Waals surface area contributed by atoms with Crippen LogP contribution in [0.2, 0.25) is 17.3 Å². The molecule has 243 valence electrons. The van der Waals surface area contributed by atoms with E-state index in [0.717, 1.165) is 50.0 Å². The van der Waals surface area contributed by atoms with Crippen LogP contribution in [0.1, 0.15) is 5.56 Å². The summed E-state index contributed by atoms with van der Waals surface area (Å²) in [6, 6.07) is 52.3. The maximum atomic E-state index is 6.09. The van der Waals surface area contributed by atoms with Gasteiger partial charge in [-0.15, -0.1) is 23.8 Å².